The smallest absolute Gasteiger partial charge is 0.339 e. The van der Waals surface area contributed by atoms with E-state index in [1.54, 1.807) is 0 Å². The monoisotopic (exact) mass is 476 g/mol. The standard InChI is InChI=1S/C28H36F4N2/c1-3-7-19-13-21(15-23(25(19)33)17-9-5-10-17)27(29,30)28(31,32)22-14-20(8-4-2)26(34)24(16-22)18-11-6-12-18/h13-18H,3-12,33-34H2,1-2H3. The minimum absolute atomic E-state index is 0.0675. The number of rotatable bonds is 9. The molecule has 2 saturated carbocycles. The minimum atomic E-state index is -4.38. The third-order valence-corrected chi connectivity index (χ3v) is 7.84. The van der Waals surface area contributed by atoms with E-state index >= 15 is 17.6 Å². The summed E-state index contributed by atoms with van der Waals surface area (Å²) in [4.78, 5) is 0. The van der Waals surface area contributed by atoms with Crippen LogP contribution in [0, 0.1) is 0 Å². The molecule has 34 heavy (non-hydrogen) atoms. The molecule has 0 heterocycles. The summed E-state index contributed by atoms with van der Waals surface area (Å²) >= 11 is 0. The number of hydrogen-bond acceptors (Lipinski definition) is 2. The number of benzene rings is 2. The Morgan fingerprint density at radius 2 is 1.03 bits per heavy atom. The first-order valence-electron chi connectivity index (χ1n) is 12.7. The van der Waals surface area contributed by atoms with Crippen molar-refractivity contribution in [1.82, 2.24) is 0 Å². The number of nitrogens with two attached hydrogens (primary N) is 2. The Bertz CT molecular complexity index is 956. The van der Waals surface area contributed by atoms with E-state index in [0.29, 0.717) is 59.3 Å². The maximum absolute atomic E-state index is 15.8. The van der Waals surface area contributed by atoms with Crippen molar-refractivity contribution in [2.75, 3.05) is 11.5 Å². The Morgan fingerprint density at radius 1 is 0.676 bits per heavy atom. The lowest BCUT2D eigenvalue weighted by Crippen LogP contribution is -2.36. The molecule has 186 valence electrons. The average Bonchev–Trinajstić information content (AvgIpc) is 2.70. The zero-order valence-electron chi connectivity index (χ0n) is 20.2. The van der Waals surface area contributed by atoms with E-state index in [1.807, 2.05) is 13.8 Å². The predicted molar refractivity (Wildman–Crippen MR) is 131 cm³/mol. The quantitative estimate of drug-likeness (QED) is 0.283. The number of nitrogen functional groups attached to an aromatic ring is 2. The highest BCUT2D eigenvalue weighted by Gasteiger charge is 2.59. The first kappa shape index (κ1) is 24.9. The summed E-state index contributed by atoms with van der Waals surface area (Å²) in [5, 5.41) is 0. The molecule has 2 nitrogen and oxygen atoms in total. The SMILES string of the molecule is CCCc1cc(C(F)(F)C(F)(F)c2cc(CCC)c(N)c(C3CCC3)c2)cc(C2CCC2)c1N. The van der Waals surface area contributed by atoms with E-state index < -0.39 is 23.0 Å². The Hall–Kier alpha value is -2.24. The molecule has 0 saturated heterocycles. The first-order valence-corrected chi connectivity index (χ1v) is 12.7. The third-order valence-electron chi connectivity index (χ3n) is 7.84. The van der Waals surface area contributed by atoms with E-state index in [0.717, 1.165) is 38.5 Å². The molecule has 6 heteroatoms. The molecule has 0 aliphatic heterocycles. The fourth-order valence-electron chi connectivity index (χ4n) is 5.27. The molecule has 0 spiro atoms. The second-order valence-electron chi connectivity index (χ2n) is 10.2. The van der Waals surface area contributed by atoms with Gasteiger partial charge in [0.1, 0.15) is 0 Å². The van der Waals surface area contributed by atoms with Gasteiger partial charge in [-0.15, -0.1) is 0 Å². The van der Waals surface area contributed by atoms with Crippen LogP contribution in [0.25, 0.3) is 0 Å². The lowest BCUT2D eigenvalue weighted by atomic mass is 9.76. The summed E-state index contributed by atoms with van der Waals surface area (Å²) in [5.74, 6) is -8.62. The van der Waals surface area contributed by atoms with Crippen LogP contribution in [0.2, 0.25) is 0 Å². The average molecular weight is 477 g/mol. The van der Waals surface area contributed by atoms with Gasteiger partial charge in [-0.2, -0.15) is 17.6 Å². The van der Waals surface area contributed by atoms with Crippen LogP contribution in [0.1, 0.15) is 110 Å². The molecular weight excluding hydrogens is 440 g/mol. The number of alkyl halides is 4. The lowest BCUT2D eigenvalue weighted by molar-refractivity contribution is -0.224. The normalized spacial score (nSPS) is 17.5. The van der Waals surface area contributed by atoms with Crippen molar-refractivity contribution in [2.24, 2.45) is 0 Å². The van der Waals surface area contributed by atoms with Crippen LogP contribution in [-0.4, -0.2) is 0 Å². The zero-order valence-corrected chi connectivity index (χ0v) is 20.2. The number of aryl methyl sites for hydroxylation is 2. The summed E-state index contributed by atoms with van der Waals surface area (Å²) in [6, 6.07) is 4.88. The maximum atomic E-state index is 15.8. The maximum Gasteiger partial charge on any atom is 0.339 e. The van der Waals surface area contributed by atoms with Crippen LogP contribution in [0.3, 0.4) is 0 Å². The van der Waals surface area contributed by atoms with Crippen molar-refractivity contribution >= 4 is 11.4 Å². The van der Waals surface area contributed by atoms with Gasteiger partial charge in [0.25, 0.3) is 0 Å². The molecule has 0 atom stereocenters. The van der Waals surface area contributed by atoms with Crippen LogP contribution < -0.4 is 11.5 Å². The summed E-state index contributed by atoms with van der Waals surface area (Å²) in [6.07, 6.45) is 7.76. The van der Waals surface area contributed by atoms with Crippen molar-refractivity contribution < 1.29 is 17.6 Å². The van der Waals surface area contributed by atoms with E-state index in [2.05, 4.69) is 0 Å². The molecule has 2 aromatic rings. The van der Waals surface area contributed by atoms with E-state index in [4.69, 9.17) is 11.5 Å². The molecular formula is C28H36F4N2. The molecule has 2 aliphatic rings. The van der Waals surface area contributed by atoms with Gasteiger partial charge in [0.05, 0.1) is 0 Å². The van der Waals surface area contributed by atoms with Crippen molar-refractivity contribution in [3.05, 3.63) is 57.6 Å². The molecule has 2 aromatic carbocycles. The fourth-order valence-corrected chi connectivity index (χ4v) is 5.27. The topological polar surface area (TPSA) is 52.0 Å². The van der Waals surface area contributed by atoms with Gasteiger partial charge in [-0.1, -0.05) is 39.5 Å². The van der Waals surface area contributed by atoms with Gasteiger partial charge in [0.15, 0.2) is 0 Å². The van der Waals surface area contributed by atoms with Crippen molar-refractivity contribution in [3.8, 4) is 0 Å². The van der Waals surface area contributed by atoms with Crippen LogP contribution in [0.5, 0.6) is 0 Å². The van der Waals surface area contributed by atoms with Crippen molar-refractivity contribution in [3.63, 3.8) is 0 Å². The molecule has 4 N–H and O–H groups in total. The van der Waals surface area contributed by atoms with Gasteiger partial charge < -0.3 is 11.5 Å². The second kappa shape index (κ2) is 9.43. The van der Waals surface area contributed by atoms with Gasteiger partial charge in [0.2, 0.25) is 0 Å². The van der Waals surface area contributed by atoms with Gasteiger partial charge in [-0.25, -0.2) is 0 Å². The van der Waals surface area contributed by atoms with E-state index in [9.17, 15) is 0 Å². The number of halogens is 4. The second-order valence-corrected chi connectivity index (χ2v) is 10.2. The first-order chi connectivity index (χ1) is 16.1. The summed E-state index contributed by atoms with van der Waals surface area (Å²) < 4.78 is 63.0. The molecule has 0 bridgehead atoms. The van der Waals surface area contributed by atoms with Gasteiger partial charge >= 0.3 is 11.8 Å². The van der Waals surface area contributed by atoms with Crippen molar-refractivity contribution in [2.45, 2.75) is 102 Å². The summed E-state index contributed by atoms with van der Waals surface area (Å²) in [7, 11) is 0. The highest BCUT2D eigenvalue weighted by Crippen LogP contribution is 2.53. The number of anilines is 2. The van der Waals surface area contributed by atoms with Crippen LogP contribution in [0.4, 0.5) is 28.9 Å². The van der Waals surface area contributed by atoms with Gasteiger partial charge in [-0.05, 0) is 96.9 Å². The van der Waals surface area contributed by atoms with E-state index in [-0.39, 0.29) is 11.8 Å². The molecule has 2 fully saturated rings. The van der Waals surface area contributed by atoms with Crippen LogP contribution in [-0.2, 0) is 24.7 Å². The third kappa shape index (κ3) is 4.18. The summed E-state index contributed by atoms with van der Waals surface area (Å²) in [6.45, 7) is 3.85. The molecule has 0 aromatic heterocycles. The largest absolute Gasteiger partial charge is 0.398 e. The minimum Gasteiger partial charge on any atom is -0.398 e. The Labute approximate surface area is 200 Å². The van der Waals surface area contributed by atoms with Crippen LogP contribution in [0.15, 0.2) is 24.3 Å². The van der Waals surface area contributed by atoms with Crippen molar-refractivity contribution in [1.29, 1.82) is 0 Å². The molecule has 0 unspecified atom stereocenters. The lowest BCUT2D eigenvalue weighted by Gasteiger charge is -2.33. The van der Waals surface area contributed by atoms with Gasteiger partial charge in [0, 0.05) is 22.5 Å². The zero-order chi connectivity index (χ0) is 24.7. The molecule has 0 radical (unpaired) electrons. The van der Waals surface area contributed by atoms with E-state index in [1.165, 1.54) is 24.3 Å². The molecule has 4 rings (SSSR count). The fraction of sp³-hybridized carbons (Fsp3) is 0.571. The Morgan fingerprint density at radius 3 is 1.29 bits per heavy atom. The Kier molecular flexibility index (Phi) is 6.90. The van der Waals surface area contributed by atoms with Crippen LogP contribution >= 0.6 is 0 Å². The predicted octanol–water partition coefficient (Wildman–Crippen LogP) is 8.17. The van der Waals surface area contributed by atoms with Gasteiger partial charge in [-0.3, -0.25) is 0 Å². The number of hydrogen-bond donors (Lipinski definition) is 2. The highest BCUT2D eigenvalue weighted by molar-refractivity contribution is 5.60. The molecule has 0 amide bonds. The highest BCUT2D eigenvalue weighted by atomic mass is 19.3. The Balaban J connectivity index is 1.81. The molecule has 2 aliphatic carbocycles. The summed E-state index contributed by atoms with van der Waals surface area (Å²) in [5.41, 5.74) is 14.6.